The minimum absolute atomic E-state index is 0.0257. The summed E-state index contributed by atoms with van der Waals surface area (Å²) < 4.78 is 38.2. The van der Waals surface area contributed by atoms with Gasteiger partial charge in [0.25, 0.3) is 0 Å². The summed E-state index contributed by atoms with van der Waals surface area (Å²) in [5.74, 6) is -0.392. The Hall–Kier alpha value is -2.82. The first kappa shape index (κ1) is 26.4. The number of nitrogens with one attached hydrogen (secondary N) is 2. The number of carbonyl (C=O) groups is 2. The number of carboxylic acid groups (broad SMARTS) is 1. The second-order valence-electron chi connectivity index (χ2n) is 8.11. The molecule has 0 aliphatic heterocycles. The standard InChI is InChI=1S/C22H27ClN2O7S/c1-22(2,3)32-21(28)24-14-4-5-19(20(26)27)25-33(29,30)18-12-10-17(11-13-18)31-16-8-6-15(23)7-9-16/h6-13,19,25H,4-5,14H2,1-3H3,(H,24,28)(H,26,27). The van der Waals surface area contributed by atoms with Crippen molar-refractivity contribution in [2.24, 2.45) is 0 Å². The van der Waals surface area contributed by atoms with Crippen LogP contribution in [0.5, 0.6) is 11.5 Å². The third kappa shape index (κ3) is 9.29. The summed E-state index contributed by atoms with van der Waals surface area (Å²) in [7, 11) is -4.09. The highest BCUT2D eigenvalue weighted by Crippen LogP contribution is 2.24. The number of aliphatic carboxylic acids is 1. The Morgan fingerprint density at radius 2 is 1.58 bits per heavy atom. The normalized spacial score (nSPS) is 12.6. The topological polar surface area (TPSA) is 131 Å². The van der Waals surface area contributed by atoms with E-state index in [9.17, 15) is 23.1 Å². The van der Waals surface area contributed by atoms with Crippen LogP contribution in [-0.4, -0.2) is 43.8 Å². The summed E-state index contributed by atoms with van der Waals surface area (Å²) in [5, 5.41) is 12.5. The van der Waals surface area contributed by atoms with Crippen molar-refractivity contribution in [3.8, 4) is 11.5 Å². The van der Waals surface area contributed by atoms with E-state index in [0.717, 1.165) is 0 Å². The van der Waals surface area contributed by atoms with Gasteiger partial charge in [-0.3, -0.25) is 4.79 Å². The van der Waals surface area contributed by atoms with Crippen LogP contribution in [0.3, 0.4) is 0 Å². The van der Waals surface area contributed by atoms with Crippen molar-refractivity contribution in [2.45, 2.75) is 50.2 Å². The zero-order valence-corrected chi connectivity index (χ0v) is 20.1. The molecule has 0 saturated heterocycles. The number of halogens is 1. The van der Waals surface area contributed by atoms with Crippen LogP contribution < -0.4 is 14.8 Å². The first-order valence-electron chi connectivity index (χ1n) is 10.1. The lowest BCUT2D eigenvalue weighted by Crippen LogP contribution is -2.41. The number of carbonyl (C=O) groups excluding carboxylic acids is 1. The van der Waals surface area contributed by atoms with Gasteiger partial charge in [0.1, 0.15) is 23.1 Å². The Labute approximate surface area is 198 Å². The van der Waals surface area contributed by atoms with Crippen molar-refractivity contribution in [1.82, 2.24) is 10.0 Å². The van der Waals surface area contributed by atoms with Gasteiger partial charge in [0, 0.05) is 11.6 Å². The van der Waals surface area contributed by atoms with E-state index < -0.39 is 33.7 Å². The van der Waals surface area contributed by atoms with Gasteiger partial charge in [0.05, 0.1) is 4.90 Å². The molecule has 2 aromatic rings. The molecule has 0 spiro atoms. The van der Waals surface area contributed by atoms with Gasteiger partial charge in [-0.05, 0) is 82.1 Å². The van der Waals surface area contributed by atoms with Gasteiger partial charge in [0.15, 0.2) is 0 Å². The highest BCUT2D eigenvalue weighted by molar-refractivity contribution is 7.89. The predicted octanol–water partition coefficient (Wildman–Crippen LogP) is 4.17. The average molecular weight is 499 g/mol. The zero-order chi connectivity index (χ0) is 24.6. The van der Waals surface area contributed by atoms with Crippen LogP contribution in [0.1, 0.15) is 33.6 Å². The summed E-state index contributed by atoms with van der Waals surface area (Å²) in [4.78, 5) is 23.1. The molecule has 0 bridgehead atoms. The molecule has 1 atom stereocenters. The van der Waals surface area contributed by atoms with E-state index in [1.807, 2.05) is 0 Å². The van der Waals surface area contributed by atoms with E-state index in [1.54, 1.807) is 45.0 Å². The number of amides is 1. The molecule has 0 fully saturated rings. The summed E-state index contributed by atoms with van der Waals surface area (Å²) in [5.41, 5.74) is -0.654. The quantitative estimate of drug-likeness (QED) is 0.419. The fourth-order valence-electron chi connectivity index (χ4n) is 2.62. The first-order chi connectivity index (χ1) is 15.4. The highest BCUT2D eigenvalue weighted by atomic mass is 35.5. The van der Waals surface area contributed by atoms with Gasteiger partial charge in [0.2, 0.25) is 10.0 Å². The van der Waals surface area contributed by atoms with Gasteiger partial charge >= 0.3 is 12.1 Å². The first-order valence-corrected chi connectivity index (χ1v) is 12.0. The monoisotopic (exact) mass is 498 g/mol. The fourth-order valence-corrected chi connectivity index (χ4v) is 3.97. The second kappa shape index (κ2) is 11.4. The molecule has 0 radical (unpaired) electrons. The summed E-state index contributed by atoms with van der Waals surface area (Å²) in [6.45, 7) is 5.30. The van der Waals surface area contributed by atoms with Crippen LogP contribution in [0.15, 0.2) is 53.4 Å². The molecule has 0 saturated carbocycles. The molecule has 0 heterocycles. The maximum atomic E-state index is 12.6. The van der Waals surface area contributed by atoms with Crippen molar-refractivity contribution in [3.05, 3.63) is 53.6 Å². The highest BCUT2D eigenvalue weighted by Gasteiger charge is 2.25. The van der Waals surface area contributed by atoms with Crippen LogP contribution >= 0.6 is 11.6 Å². The zero-order valence-electron chi connectivity index (χ0n) is 18.5. The number of sulfonamides is 1. The molecule has 1 unspecified atom stereocenters. The van der Waals surface area contributed by atoms with Gasteiger partial charge in [-0.2, -0.15) is 4.72 Å². The Balaban J connectivity index is 1.93. The molecular weight excluding hydrogens is 472 g/mol. The predicted molar refractivity (Wildman–Crippen MR) is 123 cm³/mol. The number of hydrogen-bond donors (Lipinski definition) is 3. The Bertz CT molecular complexity index is 1050. The van der Waals surface area contributed by atoms with Crippen LogP contribution in [0, 0.1) is 0 Å². The molecule has 1 amide bonds. The molecule has 2 rings (SSSR count). The Morgan fingerprint density at radius 3 is 2.09 bits per heavy atom. The van der Waals surface area contributed by atoms with Gasteiger partial charge < -0.3 is 19.9 Å². The molecule has 180 valence electrons. The lowest BCUT2D eigenvalue weighted by molar-refractivity contribution is -0.139. The number of rotatable bonds is 10. The minimum atomic E-state index is -4.09. The SMILES string of the molecule is CC(C)(C)OC(=O)NCCCC(NS(=O)(=O)c1ccc(Oc2ccc(Cl)cc2)cc1)C(=O)O. The molecule has 0 aliphatic carbocycles. The minimum Gasteiger partial charge on any atom is -0.480 e. The van der Waals surface area contributed by atoms with E-state index in [1.165, 1.54) is 24.3 Å². The van der Waals surface area contributed by atoms with Crippen LogP contribution in [0.25, 0.3) is 0 Å². The van der Waals surface area contributed by atoms with E-state index in [2.05, 4.69) is 10.0 Å². The van der Waals surface area contributed by atoms with E-state index >= 15 is 0 Å². The molecule has 9 nitrogen and oxygen atoms in total. The van der Waals surface area contributed by atoms with Crippen molar-refractivity contribution < 1.29 is 32.6 Å². The summed E-state index contributed by atoms with van der Waals surface area (Å²) >= 11 is 5.83. The lowest BCUT2D eigenvalue weighted by atomic mass is 10.2. The maximum Gasteiger partial charge on any atom is 0.407 e. The van der Waals surface area contributed by atoms with E-state index in [0.29, 0.717) is 16.5 Å². The smallest absolute Gasteiger partial charge is 0.407 e. The molecule has 0 aliphatic rings. The van der Waals surface area contributed by atoms with Crippen molar-refractivity contribution in [3.63, 3.8) is 0 Å². The largest absolute Gasteiger partial charge is 0.480 e. The Morgan fingerprint density at radius 1 is 1.03 bits per heavy atom. The molecule has 33 heavy (non-hydrogen) atoms. The number of hydrogen-bond acceptors (Lipinski definition) is 6. The molecule has 11 heteroatoms. The fraction of sp³-hybridized carbons (Fsp3) is 0.364. The number of benzene rings is 2. The van der Waals surface area contributed by atoms with Crippen LogP contribution in [-0.2, 0) is 19.6 Å². The number of alkyl carbamates (subject to hydrolysis) is 1. The summed E-state index contributed by atoms with van der Waals surface area (Å²) in [6, 6.07) is 10.9. The molecule has 2 aromatic carbocycles. The van der Waals surface area contributed by atoms with Crippen LogP contribution in [0.4, 0.5) is 4.79 Å². The second-order valence-corrected chi connectivity index (χ2v) is 10.3. The average Bonchev–Trinajstić information content (AvgIpc) is 2.71. The third-order valence-corrected chi connectivity index (χ3v) is 5.86. The van der Waals surface area contributed by atoms with Crippen molar-refractivity contribution in [2.75, 3.05) is 6.54 Å². The molecule has 3 N–H and O–H groups in total. The van der Waals surface area contributed by atoms with Crippen molar-refractivity contribution in [1.29, 1.82) is 0 Å². The van der Waals surface area contributed by atoms with Crippen LogP contribution in [0.2, 0.25) is 5.02 Å². The van der Waals surface area contributed by atoms with Gasteiger partial charge in [-0.1, -0.05) is 11.6 Å². The van der Waals surface area contributed by atoms with E-state index in [-0.39, 0.29) is 24.3 Å². The summed E-state index contributed by atoms with van der Waals surface area (Å²) in [6.07, 6.45) is -0.426. The Kier molecular flexibility index (Phi) is 9.09. The van der Waals surface area contributed by atoms with Gasteiger partial charge in [-0.15, -0.1) is 0 Å². The van der Waals surface area contributed by atoms with Gasteiger partial charge in [-0.25, -0.2) is 13.2 Å². The lowest BCUT2D eigenvalue weighted by Gasteiger charge is -2.20. The van der Waals surface area contributed by atoms with Crippen molar-refractivity contribution >= 4 is 33.7 Å². The molecular formula is C22H27ClN2O7S. The number of ether oxygens (including phenoxy) is 2. The number of carboxylic acids is 1. The van der Waals surface area contributed by atoms with E-state index in [4.69, 9.17) is 21.1 Å². The maximum absolute atomic E-state index is 12.6. The molecule has 0 aromatic heterocycles. The third-order valence-electron chi connectivity index (χ3n) is 4.12.